The average molecular weight is 515 g/mol. The van der Waals surface area contributed by atoms with Gasteiger partial charge in [-0.15, -0.1) is 10.2 Å². The number of benzene rings is 2. The summed E-state index contributed by atoms with van der Waals surface area (Å²) in [5.74, 6) is -0.386. The standard InChI is InChI=1S/C24H23ClN4O5S/c25-17-4-6-19(7-5-17)32-15-20-27-28-22(35-20)21(30)26-18-3-1-2-16(14-18)23(31)29-10-8-24(9-11-29)33-12-13-34-24/h1-7,14H,8-13,15H2,(H,26,30). The summed E-state index contributed by atoms with van der Waals surface area (Å²) in [6.07, 6.45) is 1.30. The third-order valence-corrected chi connectivity index (χ3v) is 6.98. The third-order valence-electron chi connectivity index (χ3n) is 5.83. The first-order valence-corrected chi connectivity index (χ1v) is 12.4. The molecule has 2 aliphatic rings. The van der Waals surface area contributed by atoms with E-state index in [9.17, 15) is 9.59 Å². The van der Waals surface area contributed by atoms with Gasteiger partial charge < -0.3 is 24.4 Å². The van der Waals surface area contributed by atoms with E-state index in [1.807, 2.05) is 0 Å². The number of ether oxygens (including phenoxy) is 3. The van der Waals surface area contributed by atoms with E-state index in [-0.39, 0.29) is 17.5 Å². The van der Waals surface area contributed by atoms with Crippen LogP contribution in [0.2, 0.25) is 5.02 Å². The van der Waals surface area contributed by atoms with Gasteiger partial charge in [-0.1, -0.05) is 29.0 Å². The van der Waals surface area contributed by atoms with Crippen LogP contribution in [-0.2, 0) is 16.1 Å². The van der Waals surface area contributed by atoms with Crippen LogP contribution in [0.1, 0.15) is 38.0 Å². The van der Waals surface area contributed by atoms with Crippen molar-refractivity contribution >= 4 is 40.4 Å². The van der Waals surface area contributed by atoms with E-state index in [2.05, 4.69) is 15.5 Å². The van der Waals surface area contributed by atoms with Gasteiger partial charge in [-0.05, 0) is 42.5 Å². The van der Waals surface area contributed by atoms with Gasteiger partial charge in [0.05, 0.1) is 13.2 Å². The van der Waals surface area contributed by atoms with Gasteiger partial charge in [0.15, 0.2) is 10.8 Å². The Bertz CT molecular complexity index is 1200. The zero-order chi connectivity index (χ0) is 24.3. The lowest BCUT2D eigenvalue weighted by Crippen LogP contribution is -2.47. The zero-order valence-corrected chi connectivity index (χ0v) is 20.3. The number of nitrogens with one attached hydrogen (secondary N) is 1. The van der Waals surface area contributed by atoms with E-state index >= 15 is 0 Å². The van der Waals surface area contributed by atoms with Crippen molar-refractivity contribution in [3.63, 3.8) is 0 Å². The fourth-order valence-corrected chi connectivity index (χ4v) is 4.79. The molecule has 2 amide bonds. The minimum atomic E-state index is -0.535. The second-order valence-corrected chi connectivity index (χ2v) is 9.68. The number of aromatic nitrogens is 2. The molecule has 1 aromatic heterocycles. The Balaban J connectivity index is 1.17. The van der Waals surface area contributed by atoms with Crippen molar-refractivity contribution < 1.29 is 23.8 Å². The molecule has 0 radical (unpaired) electrons. The number of hydrogen-bond donors (Lipinski definition) is 1. The largest absolute Gasteiger partial charge is 0.486 e. The number of likely N-dealkylation sites (tertiary alicyclic amines) is 1. The summed E-state index contributed by atoms with van der Waals surface area (Å²) < 4.78 is 17.1. The van der Waals surface area contributed by atoms with Crippen LogP contribution in [0, 0.1) is 0 Å². The Kier molecular flexibility index (Phi) is 6.96. The molecule has 2 fully saturated rings. The fraction of sp³-hybridized carbons (Fsp3) is 0.333. The lowest BCUT2D eigenvalue weighted by Gasteiger charge is -2.37. The second-order valence-electron chi connectivity index (χ2n) is 8.18. The van der Waals surface area contributed by atoms with Crippen LogP contribution >= 0.6 is 22.9 Å². The Morgan fingerprint density at radius 1 is 1.09 bits per heavy atom. The SMILES string of the molecule is O=C(Nc1cccc(C(=O)N2CCC3(CC2)OCCO3)c1)c1nnc(COc2ccc(Cl)cc2)s1. The van der Waals surface area contributed by atoms with Crippen LogP contribution in [0.3, 0.4) is 0 Å². The van der Waals surface area contributed by atoms with Crippen molar-refractivity contribution in [3.8, 4) is 5.75 Å². The van der Waals surface area contributed by atoms with Gasteiger partial charge in [0, 0.05) is 42.2 Å². The Labute approximate surface area is 211 Å². The number of hydrogen-bond acceptors (Lipinski definition) is 8. The molecule has 0 unspecified atom stereocenters. The molecule has 0 bridgehead atoms. The highest BCUT2D eigenvalue weighted by Crippen LogP contribution is 2.32. The minimum Gasteiger partial charge on any atom is -0.486 e. The maximum Gasteiger partial charge on any atom is 0.286 e. The summed E-state index contributed by atoms with van der Waals surface area (Å²) in [7, 11) is 0. The summed E-state index contributed by atoms with van der Waals surface area (Å²) in [4.78, 5) is 27.5. The molecule has 1 spiro atoms. The van der Waals surface area contributed by atoms with Gasteiger partial charge in [0.25, 0.3) is 11.8 Å². The van der Waals surface area contributed by atoms with Gasteiger partial charge in [-0.3, -0.25) is 9.59 Å². The average Bonchev–Trinajstić information content (AvgIpc) is 3.54. The molecule has 9 nitrogen and oxygen atoms in total. The molecule has 0 saturated carbocycles. The first-order chi connectivity index (χ1) is 17.0. The molecule has 0 aliphatic carbocycles. The van der Waals surface area contributed by atoms with Crippen LogP contribution in [0.15, 0.2) is 48.5 Å². The number of piperidine rings is 1. The number of halogens is 1. The molecule has 35 heavy (non-hydrogen) atoms. The highest BCUT2D eigenvalue weighted by molar-refractivity contribution is 7.13. The van der Waals surface area contributed by atoms with Crippen LogP contribution < -0.4 is 10.1 Å². The zero-order valence-electron chi connectivity index (χ0n) is 18.7. The molecular formula is C24H23ClN4O5S. The van der Waals surface area contributed by atoms with E-state index in [4.69, 9.17) is 25.8 Å². The molecule has 2 aliphatic heterocycles. The molecule has 11 heteroatoms. The predicted molar refractivity (Wildman–Crippen MR) is 130 cm³/mol. The molecule has 3 heterocycles. The monoisotopic (exact) mass is 514 g/mol. The topological polar surface area (TPSA) is 103 Å². The normalized spacial score (nSPS) is 16.9. The van der Waals surface area contributed by atoms with E-state index < -0.39 is 11.7 Å². The fourth-order valence-electron chi connectivity index (χ4n) is 4.01. The number of amides is 2. The lowest BCUT2D eigenvalue weighted by atomic mass is 10.0. The Morgan fingerprint density at radius 2 is 1.83 bits per heavy atom. The molecule has 0 atom stereocenters. The number of nitrogens with zero attached hydrogens (tertiary/aromatic N) is 3. The van der Waals surface area contributed by atoms with Gasteiger partial charge in [0.1, 0.15) is 12.4 Å². The van der Waals surface area contributed by atoms with Crippen molar-refractivity contribution in [2.75, 3.05) is 31.6 Å². The molecule has 1 N–H and O–H groups in total. The maximum atomic E-state index is 13.0. The van der Waals surface area contributed by atoms with Gasteiger partial charge in [-0.2, -0.15) is 0 Å². The van der Waals surface area contributed by atoms with Crippen molar-refractivity contribution in [3.05, 3.63) is 69.1 Å². The van der Waals surface area contributed by atoms with E-state index in [1.54, 1.807) is 53.4 Å². The van der Waals surface area contributed by atoms with Crippen LogP contribution in [0.4, 0.5) is 5.69 Å². The molecular weight excluding hydrogens is 492 g/mol. The third kappa shape index (κ3) is 5.62. The van der Waals surface area contributed by atoms with Crippen molar-refractivity contribution in [2.24, 2.45) is 0 Å². The van der Waals surface area contributed by atoms with E-state index in [0.717, 1.165) is 11.3 Å². The molecule has 182 valence electrons. The van der Waals surface area contributed by atoms with Crippen LogP contribution in [0.25, 0.3) is 0 Å². The number of carbonyl (C=O) groups is 2. The summed E-state index contributed by atoms with van der Waals surface area (Å²) >= 11 is 7.01. The van der Waals surface area contributed by atoms with E-state index in [0.29, 0.717) is 66.2 Å². The van der Waals surface area contributed by atoms with Crippen LogP contribution in [-0.4, -0.2) is 59.0 Å². The van der Waals surface area contributed by atoms with Crippen molar-refractivity contribution in [1.82, 2.24) is 15.1 Å². The maximum absolute atomic E-state index is 13.0. The molecule has 5 rings (SSSR count). The highest BCUT2D eigenvalue weighted by atomic mass is 35.5. The number of anilines is 1. The lowest BCUT2D eigenvalue weighted by molar-refractivity contribution is -0.181. The van der Waals surface area contributed by atoms with Crippen LogP contribution in [0.5, 0.6) is 5.75 Å². The predicted octanol–water partition coefficient (Wildman–Crippen LogP) is 4.00. The van der Waals surface area contributed by atoms with Crippen molar-refractivity contribution in [1.29, 1.82) is 0 Å². The quantitative estimate of drug-likeness (QED) is 0.530. The molecule has 2 saturated heterocycles. The summed E-state index contributed by atoms with van der Waals surface area (Å²) in [5, 5.41) is 12.2. The van der Waals surface area contributed by atoms with Crippen molar-refractivity contribution in [2.45, 2.75) is 25.2 Å². The first kappa shape index (κ1) is 23.7. The smallest absolute Gasteiger partial charge is 0.286 e. The highest BCUT2D eigenvalue weighted by Gasteiger charge is 2.40. The minimum absolute atomic E-state index is 0.0912. The van der Waals surface area contributed by atoms with Gasteiger partial charge >= 0.3 is 0 Å². The molecule has 2 aromatic carbocycles. The molecule has 3 aromatic rings. The summed E-state index contributed by atoms with van der Waals surface area (Å²) in [6, 6.07) is 13.8. The number of carbonyl (C=O) groups excluding carboxylic acids is 2. The summed E-state index contributed by atoms with van der Waals surface area (Å²) in [6.45, 7) is 2.49. The second kappa shape index (κ2) is 10.3. The van der Waals surface area contributed by atoms with E-state index in [1.165, 1.54) is 0 Å². The Morgan fingerprint density at radius 3 is 2.57 bits per heavy atom. The Hall–Kier alpha value is -3.05. The van der Waals surface area contributed by atoms with Gasteiger partial charge in [-0.25, -0.2) is 0 Å². The first-order valence-electron chi connectivity index (χ1n) is 11.2. The summed E-state index contributed by atoms with van der Waals surface area (Å²) in [5.41, 5.74) is 1.01. The van der Waals surface area contributed by atoms with Gasteiger partial charge in [0.2, 0.25) is 5.01 Å². The number of rotatable bonds is 6.